The van der Waals surface area contributed by atoms with E-state index in [1.54, 1.807) is 38.5 Å². The second-order valence-corrected chi connectivity index (χ2v) is 11.4. The van der Waals surface area contributed by atoms with E-state index in [1.165, 1.54) is 6.42 Å². The van der Waals surface area contributed by atoms with Crippen molar-refractivity contribution in [1.29, 1.82) is 0 Å². The second kappa shape index (κ2) is 4.59. The molecule has 9 unspecified atom stereocenters. The van der Waals surface area contributed by atoms with Crippen LogP contribution >= 0.6 is 0 Å². The van der Waals surface area contributed by atoms with Crippen LogP contribution in [0.2, 0.25) is 0 Å². The molecule has 5 fully saturated rings. The van der Waals surface area contributed by atoms with Crippen molar-refractivity contribution in [3.8, 4) is 0 Å². The molecule has 0 aliphatic heterocycles. The lowest BCUT2D eigenvalue weighted by Gasteiger charge is -2.53. The molecule has 0 nitrogen and oxygen atoms in total. The average molecular weight is 315 g/mol. The van der Waals surface area contributed by atoms with Gasteiger partial charge in [-0.2, -0.15) is 0 Å². The normalized spacial score (nSPS) is 59.2. The van der Waals surface area contributed by atoms with Crippen LogP contribution in [0.15, 0.2) is 0 Å². The van der Waals surface area contributed by atoms with Crippen molar-refractivity contribution >= 4 is 0 Å². The molecule has 4 bridgehead atoms. The Bertz CT molecular complexity index is 502. The van der Waals surface area contributed by atoms with Gasteiger partial charge in [0.05, 0.1) is 0 Å². The van der Waals surface area contributed by atoms with E-state index >= 15 is 0 Å². The Labute approximate surface area is 144 Å². The average Bonchev–Trinajstić information content (AvgIpc) is 3.20. The van der Waals surface area contributed by atoms with Crippen molar-refractivity contribution in [3.05, 3.63) is 0 Å². The van der Waals surface area contributed by atoms with Gasteiger partial charge < -0.3 is 0 Å². The Morgan fingerprint density at radius 2 is 1.61 bits per heavy atom. The molecule has 0 amide bonds. The van der Waals surface area contributed by atoms with E-state index in [0.717, 1.165) is 53.3 Å². The molecule has 0 N–H and O–H groups in total. The van der Waals surface area contributed by atoms with Gasteiger partial charge in [0, 0.05) is 0 Å². The lowest BCUT2D eigenvalue weighted by molar-refractivity contribution is -0.0465. The van der Waals surface area contributed by atoms with Crippen molar-refractivity contribution in [2.45, 2.75) is 79.6 Å². The first-order valence-corrected chi connectivity index (χ1v) is 10.9. The number of fused-ring (bicyclic) bond motifs is 10. The predicted octanol–water partition coefficient (Wildman–Crippen LogP) is 6.40. The second-order valence-electron chi connectivity index (χ2n) is 11.4. The molecule has 5 rings (SSSR count). The SMILES string of the molecule is CC(C)C1(C)C2CCCC2C2CC1C1C3CCC(C3)C(C)(C)C21. The van der Waals surface area contributed by atoms with Gasteiger partial charge in [-0.1, -0.05) is 41.0 Å². The van der Waals surface area contributed by atoms with Crippen molar-refractivity contribution in [3.63, 3.8) is 0 Å². The van der Waals surface area contributed by atoms with Gasteiger partial charge in [0.1, 0.15) is 0 Å². The number of hydrogen-bond acceptors (Lipinski definition) is 0. The molecule has 0 heteroatoms. The summed E-state index contributed by atoms with van der Waals surface area (Å²) >= 11 is 0. The third-order valence-corrected chi connectivity index (χ3v) is 10.8. The summed E-state index contributed by atoms with van der Waals surface area (Å²) in [5, 5.41) is 0. The van der Waals surface area contributed by atoms with Crippen LogP contribution in [0.1, 0.15) is 79.6 Å². The molecule has 130 valence electrons. The third-order valence-electron chi connectivity index (χ3n) is 10.8. The predicted molar refractivity (Wildman–Crippen MR) is 97.0 cm³/mol. The summed E-state index contributed by atoms with van der Waals surface area (Å²) in [6, 6.07) is 0. The first kappa shape index (κ1) is 15.3. The topological polar surface area (TPSA) is 0 Å². The summed E-state index contributed by atoms with van der Waals surface area (Å²) in [6.45, 7) is 13.3. The summed E-state index contributed by atoms with van der Waals surface area (Å²) in [5.41, 5.74) is 1.27. The molecule has 9 atom stereocenters. The minimum absolute atomic E-state index is 0.631. The lowest BCUT2D eigenvalue weighted by Crippen LogP contribution is -2.47. The summed E-state index contributed by atoms with van der Waals surface area (Å²) < 4.78 is 0. The zero-order valence-corrected chi connectivity index (χ0v) is 16.1. The standard InChI is InChI=1S/C23H38/c1-13(2)23(5)18-8-6-7-16(18)17-12-19(23)20-14-9-10-15(11-14)22(3,4)21(17)20/h13-21H,6-12H2,1-5H3. The molecule has 0 aromatic heterocycles. The lowest BCUT2D eigenvalue weighted by atomic mass is 9.52. The van der Waals surface area contributed by atoms with E-state index in [0.29, 0.717) is 10.8 Å². The molecule has 0 heterocycles. The van der Waals surface area contributed by atoms with E-state index in [9.17, 15) is 0 Å². The summed E-state index contributed by atoms with van der Waals surface area (Å²) in [5.74, 6) is 9.50. The third kappa shape index (κ3) is 1.65. The minimum Gasteiger partial charge on any atom is -0.0622 e. The zero-order valence-electron chi connectivity index (χ0n) is 16.1. The highest BCUT2D eigenvalue weighted by Crippen LogP contribution is 2.75. The van der Waals surface area contributed by atoms with Gasteiger partial charge in [0.2, 0.25) is 0 Å². The van der Waals surface area contributed by atoms with E-state index in [2.05, 4.69) is 34.6 Å². The highest BCUT2D eigenvalue weighted by atomic mass is 14.7. The molecule has 0 aromatic carbocycles. The van der Waals surface area contributed by atoms with Gasteiger partial charge in [0.25, 0.3) is 0 Å². The fourth-order valence-corrected chi connectivity index (χ4v) is 9.63. The van der Waals surface area contributed by atoms with Gasteiger partial charge in [-0.05, 0) is 103 Å². The molecule has 0 spiro atoms. The Balaban J connectivity index is 1.65. The maximum absolute atomic E-state index is 2.75. The molecule has 5 aliphatic rings. The van der Waals surface area contributed by atoms with Crippen LogP contribution in [0.4, 0.5) is 0 Å². The van der Waals surface area contributed by atoms with Crippen LogP contribution in [0.25, 0.3) is 0 Å². The highest BCUT2D eigenvalue weighted by molar-refractivity contribution is 5.17. The van der Waals surface area contributed by atoms with Gasteiger partial charge in [-0.3, -0.25) is 0 Å². The van der Waals surface area contributed by atoms with Crippen LogP contribution < -0.4 is 0 Å². The Morgan fingerprint density at radius 3 is 2.35 bits per heavy atom. The van der Waals surface area contributed by atoms with E-state index in [-0.39, 0.29) is 0 Å². The Kier molecular flexibility index (Phi) is 3.04. The zero-order chi connectivity index (χ0) is 16.1. The summed E-state index contributed by atoms with van der Waals surface area (Å²) in [7, 11) is 0. The maximum Gasteiger partial charge on any atom is -0.0240 e. The van der Waals surface area contributed by atoms with Gasteiger partial charge in [-0.15, -0.1) is 0 Å². The van der Waals surface area contributed by atoms with E-state index in [1.807, 2.05) is 0 Å². The molecule has 5 saturated carbocycles. The summed E-state index contributed by atoms with van der Waals surface area (Å²) in [6.07, 6.45) is 11.0. The van der Waals surface area contributed by atoms with Crippen LogP contribution in [0, 0.1) is 64.1 Å². The van der Waals surface area contributed by atoms with Crippen molar-refractivity contribution in [2.24, 2.45) is 64.1 Å². The minimum atomic E-state index is 0.631. The quantitative estimate of drug-likeness (QED) is 0.525. The van der Waals surface area contributed by atoms with Gasteiger partial charge in [0.15, 0.2) is 0 Å². The monoisotopic (exact) mass is 314 g/mol. The van der Waals surface area contributed by atoms with E-state index in [4.69, 9.17) is 0 Å². The van der Waals surface area contributed by atoms with Crippen LogP contribution in [0.3, 0.4) is 0 Å². The number of rotatable bonds is 1. The molecule has 5 aliphatic carbocycles. The van der Waals surface area contributed by atoms with Crippen molar-refractivity contribution in [2.75, 3.05) is 0 Å². The molecule has 0 saturated heterocycles. The molecule has 23 heavy (non-hydrogen) atoms. The van der Waals surface area contributed by atoms with Crippen LogP contribution in [-0.4, -0.2) is 0 Å². The van der Waals surface area contributed by atoms with Gasteiger partial charge in [-0.25, -0.2) is 0 Å². The van der Waals surface area contributed by atoms with Gasteiger partial charge >= 0.3 is 0 Å². The largest absolute Gasteiger partial charge is 0.0622 e. The van der Waals surface area contributed by atoms with Crippen LogP contribution in [-0.2, 0) is 0 Å². The fourth-order valence-electron chi connectivity index (χ4n) is 9.63. The first-order chi connectivity index (χ1) is 10.9. The molecular formula is C23H38. The maximum atomic E-state index is 2.75. The molecular weight excluding hydrogens is 276 g/mol. The van der Waals surface area contributed by atoms with E-state index < -0.39 is 0 Å². The van der Waals surface area contributed by atoms with Crippen molar-refractivity contribution in [1.82, 2.24) is 0 Å². The fraction of sp³-hybridized carbons (Fsp3) is 1.00. The Hall–Kier alpha value is 0. The number of hydrogen-bond donors (Lipinski definition) is 0. The summed E-state index contributed by atoms with van der Waals surface area (Å²) in [4.78, 5) is 0. The van der Waals surface area contributed by atoms with Crippen molar-refractivity contribution < 1.29 is 0 Å². The molecule has 0 radical (unpaired) electrons. The smallest absolute Gasteiger partial charge is 0.0240 e. The highest BCUT2D eigenvalue weighted by Gasteiger charge is 2.69. The first-order valence-electron chi connectivity index (χ1n) is 10.9. The molecule has 0 aromatic rings. The Morgan fingerprint density at radius 1 is 0.826 bits per heavy atom. The van der Waals surface area contributed by atoms with Crippen LogP contribution in [0.5, 0.6) is 0 Å².